The number of rotatable bonds is 12. The molecule has 0 aromatic heterocycles. The van der Waals surface area contributed by atoms with Crippen LogP contribution in [0.25, 0.3) is 0 Å². The molecular formula is C31H36Cl3N3O4S. The van der Waals surface area contributed by atoms with Gasteiger partial charge in [0.2, 0.25) is 11.8 Å². The van der Waals surface area contributed by atoms with Crippen molar-refractivity contribution in [2.45, 2.75) is 71.0 Å². The van der Waals surface area contributed by atoms with Crippen molar-refractivity contribution in [2.75, 3.05) is 10.8 Å². The van der Waals surface area contributed by atoms with Gasteiger partial charge in [0.1, 0.15) is 12.6 Å². The molecule has 2 atom stereocenters. The Balaban J connectivity index is 2.12. The molecule has 226 valence electrons. The second kappa shape index (κ2) is 14.6. The van der Waals surface area contributed by atoms with Gasteiger partial charge in [-0.1, -0.05) is 72.4 Å². The van der Waals surface area contributed by atoms with E-state index in [0.29, 0.717) is 44.7 Å². The first-order valence-corrected chi connectivity index (χ1v) is 16.2. The van der Waals surface area contributed by atoms with Crippen LogP contribution in [0, 0.1) is 13.8 Å². The lowest BCUT2D eigenvalue weighted by Crippen LogP contribution is -2.53. The summed E-state index contributed by atoms with van der Waals surface area (Å²) in [6.07, 6.45) is 1.00. The number of benzene rings is 3. The molecule has 0 aliphatic rings. The molecule has 0 saturated heterocycles. The average molecular weight is 653 g/mol. The van der Waals surface area contributed by atoms with Crippen LogP contribution in [-0.2, 0) is 26.2 Å². The fourth-order valence-electron chi connectivity index (χ4n) is 4.44. The Morgan fingerprint density at radius 1 is 0.881 bits per heavy atom. The van der Waals surface area contributed by atoms with Crippen molar-refractivity contribution in [3.05, 3.63) is 92.4 Å². The molecule has 0 bridgehead atoms. The Bertz CT molecular complexity index is 1530. The molecule has 0 fully saturated rings. The molecule has 0 aliphatic carbocycles. The van der Waals surface area contributed by atoms with Gasteiger partial charge in [0, 0.05) is 27.7 Å². The van der Waals surface area contributed by atoms with E-state index in [-0.39, 0.29) is 23.4 Å². The molecule has 42 heavy (non-hydrogen) atoms. The highest BCUT2D eigenvalue weighted by molar-refractivity contribution is 7.92. The van der Waals surface area contributed by atoms with Gasteiger partial charge in [-0.05, 0) is 87.2 Å². The first-order chi connectivity index (χ1) is 19.8. The number of amides is 2. The standard InChI is InChI=1S/C31H36Cl3N3O4S/c1-6-22(5)35-31(39)28(7-2)36(18-23-10-11-25(33)17-27(23)34)30(38)19-37(29-15-12-24(32)16-21(29)4)42(40,41)26-13-8-20(3)9-14-26/h8-17,22,28H,6-7,18-19H2,1-5H3,(H,35,39). The first kappa shape index (κ1) is 33.7. The van der Waals surface area contributed by atoms with E-state index in [4.69, 9.17) is 34.8 Å². The van der Waals surface area contributed by atoms with Gasteiger partial charge in [0.05, 0.1) is 10.6 Å². The van der Waals surface area contributed by atoms with Crippen molar-refractivity contribution in [3.8, 4) is 0 Å². The van der Waals surface area contributed by atoms with Crippen LogP contribution in [0.15, 0.2) is 65.6 Å². The van der Waals surface area contributed by atoms with E-state index < -0.39 is 28.5 Å². The van der Waals surface area contributed by atoms with Crippen LogP contribution in [0.1, 0.15) is 50.3 Å². The summed E-state index contributed by atoms with van der Waals surface area (Å²) in [4.78, 5) is 29.1. The number of sulfonamides is 1. The van der Waals surface area contributed by atoms with Crippen LogP contribution in [0.3, 0.4) is 0 Å². The van der Waals surface area contributed by atoms with Gasteiger partial charge in [-0.2, -0.15) is 0 Å². The summed E-state index contributed by atoms with van der Waals surface area (Å²) in [6, 6.07) is 15.1. The van der Waals surface area contributed by atoms with E-state index in [1.54, 1.807) is 62.4 Å². The van der Waals surface area contributed by atoms with Gasteiger partial charge < -0.3 is 10.2 Å². The Morgan fingerprint density at radius 3 is 2.07 bits per heavy atom. The van der Waals surface area contributed by atoms with Crippen LogP contribution < -0.4 is 9.62 Å². The maximum absolute atomic E-state index is 14.2. The molecule has 0 heterocycles. The smallest absolute Gasteiger partial charge is 0.264 e. The Morgan fingerprint density at radius 2 is 1.50 bits per heavy atom. The minimum absolute atomic E-state index is 0.0285. The van der Waals surface area contributed by atoms with Crippen LogP contribution in [0.2, 0.25) is 15.1 Å². The third-order valence-corrected chi connectivity index (χ3v) is 9.65. The molecule has 3 aromatic rings. The zero-order valence-electron chi connectivity index (χ0n) is 24.3. The third-order valence-electron chi connectivity index (χ3n) is 7.06. The van der Waals surface area contributed by atoms with E-state index in [9.17, 15) is 18.0 Å². The van der Waals surface area contributed by atoms with Gasteiger partial charge in [0.25, 0.3) is 10.0 Å². The Labute approximate surface area is 263 Å². The third kappa shape index (κ3) is 8.19. The predicted molar refractivity (Wildman–Crippen MR) is 171 cm³/mol. The van der Waals surface area contributed by atoms with Crippen molar-refractivity contribution in [1.82, 2.24) is 10.2 Å². The van der Waals surface area contributed by atoms with Crippen LogP contribution in [0.5, 0.6) is 0 Å². The first-order valence-electron chi connectivity index (χ1n) is 13.7. The minimum Gasteiger partial charge on any atom is -0.352 e. The molecule has 3 rings (SSSR count). The number of anilines is 1. The van der Waals surface area contributed by atoms with Crippen molar-refractivity contribution in [3.63, 3.8) is 0 Å². The number of nitrogens with one attached hydrogen (secondary N) is 1. The zero-order chi connectivity index (χ0) is 31.2. The number of nitrogens with zero attached hydrogens (tertiary/aromatic N) is 2. The van der Waals surface area contributed by atoms with Gasteiger partial charge in [-0.25, -0.2) is 8.42 Å². The quantitative estimate of drug-likeness (QED) is 0.225. The second-order valence-corrected chi connectivity index (χ2v) is 13.4. The summed E-state index contributed by atoms with van der Waals surface area (Å²) in [6.45, 7) is 8.63. The molecule has 3 aromatic carbocycles. The molecule has 11 heteroatoms. The van der Waals surface area contributed by atoms with Gasteiger partial charge in [0.15, 0.2) is 0 Å². The highest BCUT2D eigenvalue weighted by atomic mass is 35.5. The predicted octanol–water partition coefficient (Wildman–Crippen LogP) is 7.18. The number of aryl methyl sites for hydroxylation is 2. The normalized spacial score (nSPS) is 12.9. The molecule has 7 nitrogen and oxygen atoms in total. The highest BCUT2D eigenvalue weighted by Crippen LogP contribution is 2.30. The monoisotopic (exact) mass is 651 g/mol. The number of halogens is 3. The van der Waals surface area contributed by atoms with Crippen molar-refractivity contribution < 1.29 is 18.0 Å². The van der Waals surface area contributed by atoms with Crippen LogP contribution >= 0.6 is 34.8 Å². The zero-order valence-corrected chi connectivity index (χ0v) is 27.4. The summed E-state index contributed by atoms with van der Waals surface area (Å²) in [5, 5.41) is 4.14. The second-order valence-electron chi connectivity index (χ2n) is 10.3. The SMILES string of the molecule is CCC(C)NC(=O)C(CC)N(Cc1ccc(Cl)cc1Cl)C(=O)CN(c1ccc(Cl)cc1C)S(=O)(=O)c1ccc(C)cc1. The average Bonchev–Trinajstić information content (AvgIpc) is 2.93. The lowest BCUT2D eigenvalue weighted by atomic mass is 10.1. The lowest BCUT2D eigenvalue weighted by molar-refractivity contribution is -0.140. The van der Waals surface area contributed by atoms with Gasteiger partial charge >= 0.3 is 0 Å². The summed E-state index contributed by atoms with van der Waals surface area (Å²) < 4.78 is 29.2. The van der Waals surface area contributed by atoms with E-state index in [0.717, 1.165) is 9.87 Å². The number of carbonyl (C=O) groups is 2. The topological polar surface area (TPSA) is 86.8 Å². The summed E-state index contributed by atoms with van der Waals surface area (Å²) in [7, 11) is -4.20. The number of carbonyl (C=O) groups excluding carboxylic acids is 2. The van der Waals surface area contributed by atoms with Crippen molar-refractivity contribution in [1.29, 1.82) is 0 Å². The molecule has 0 saturated carbocycles. The Kier molecular flexibility index (Phi) is 11.7. The molecule has 0 spiro atoms. The fourth-order valence-corrected chi connectivity index (χ4v) is 6.62. The number of hydrogen-bond donors (Lipinski definition) is 1. The van der Waals surface area contributed by atoms with E-state index in [1.807, 2.05) is 20.8 Å². The minimum atomic E-state index is -4.20. The van der Waals surface area contributed by atoms with Crippen molar-refractivity contribution in [2.24, 2.45) is 0 Å². The maximum Gasteiger partial charge on any atom is 0.264 e. The fraction of sp³-hybridized carbons (Fsp3) is 0.355. The summed E-state index contributed by atoms with van der Waals surface area (Å²) in [5.41, 5.74) is 2.33. The molecular weight excluding hydrogens is 617 g/mol. The summed E-state index contributed by atoms with van der Waals surface area (Å²) in [5.74, 6) is -0.905. The Hall–Kier alpha value is -2.78. The maximum atomic E-state index is 14.2. The van der Waals surface area contributed by atoms with Crippen molar-refractivity contribution >= 4 is 62.3 Å². The van der Waals surface area contributed by atoms with Gasteiger partial charge in [-0.15, -0.1) is 0 Å². The molecule has 1 N–H and O–H groups in total. The number of hydrogen-bond acceptors (Lipinski definition) is 4. The van der Waals surface area contributed by atoms with E-state index in [1.165, 1.54) is 17.0 Å². The summed E-state index contributed by atoms with van der Waals surface area (Å²) >= 11 is 18.8. The molecule has 2 unspecified atom stereocenters. The molecule has 0 radical (unpaired) electrons. The molecule has 2 amide bonds. The van der Waals surface area contributed by atoms with Crippen LogP contribution in [-0.4, -0.2) is 43.8 Å². The van der Waals surface area contributed by atoms with Crippen LogP contribution in [0.4, 0.5) is 5.69 Å². The largest absolute Gasteiger partial charge is 0.352 e. The van der Waals surface area contributed by atoms with Gasteiger partial charge in [-0.3, -0.25) is 13.9 Å². The lowest BCUT2D eigenvalue weighted by Gasteiger charge is -2.34. The van der Waals surface area contributed by atoms with E-state index >= 15 is 0 Å². The highest BCUT2D eigenvalue weighted by Gasteiger charge is 2.34. The molecule has 0 aliphatic heterocycles. The van der Waals surface area contributed by atoms with E-state index in [2.05, 4.69) is 5.32 Å².